The molecule has 1 aromatic rings. The molecule has 2 rings (SSSR count). The Bertz CT molecular complexity index is 591. The van der Waals surface area contributed by atoms with Gasteiger partial charge in [0.25, 0.3) is 5.24 Å². The quantitative estimate of drug-likeness (QED) is 0.589. The van der Waals surface area contributed by atoms with Gasteiger partial charge in [-0.05, 0) is 18.6 Å². The van der Waals surface area contributed by atoms with Crippen molar-refractivity contribution in [1.82, 2.24) is 4.90 Å². The summed E-state index contributed by atoms with van der Waals surface area (Å²) in [6, 6.07) is 0.0749. The fourth-order valence-corrected chi connectivity index (χ4v) is 3.54. The second-order valence-electron chi connectivity index (χ2n) is 4.96. The van der Waals surface area contributed by atoms with Crippen LogP contribution in [0.15, 0.2) is 12.1 Å². The van der Waals surface area contributed by atoms with Crippen molar-refractivity contribution in [2.24, 2.45) is 0 Å². The summed E-state index contributed by atoms with van der Waals surface area (Å²) in [4.78, 5) is 12.2. The highest BCUT2D eigenvalue weighted by Gasteiger charge is 2.42. The van der Waals surface area contributed by atoms with Gasteiger partial charge in [0.1, 0.15) is 12.4 Å². The van der Waals surface area contributed by atoms with E-state index in [0.717, 1.165) is 6.07 Å². The highest BCUT2D eigenvalue weighted by Crippen LogP contribution is 2.37. The first-order chi connectivity index (χ1) is 10.1. The largest absolute Gasteiger partial charge is 0.406 e. The molecule has 1 aromatic carbocycles. The maximum absolute atomic E-state index is 13.8. The Morgan fingerprint density at radius 3 is 2.50 bits per heavy atom. The maximum atomic E-state index is 13.8. The molecule has 1 saturated heterocycles. The van der Waals surface area contributed by atoms with Crippen LogP contribution >= 0.6 is 11.8 Å². The summed E-state index contributed by atoms with van der Waals surface area (Å²) in [6.07, 6.45) is -4.61. The van der Waals surface area contributed by atoms with Crippen LogP contribution in [0.4, 0.5) is 31.1 Å². The topological polar surface area (TPSA) is 20.3 Å². The van der Waals surface area contributed by atoms with E-state index in [4.69, 9.17) is 0 Å². The Morgan fingerprint density at radius 1 is 1.27 bits per heavy atom. The van der Waals surface area contributed by atoms with Crippen molar-refractivity contribution < 1.29 is 31.1 Å². The number of carbonyl (C=O) groups excluding carboxylic acids is 1. The molecular formula is C13H11F6NOS. The number of nitrogens with zero attached hydrogens (tertiary/aromatic N) is 1. The van der Waals surface area contributed by atoms with Crippen LogP contribution in [-0.2, 0) is 0 Å². The highest BCUT2D eigenvalue weighted by molar-refractivity contribution is 8.13. The Labute approximate surface area is 126 Å². The Kier molecular flexibility index (Phi) is 4.65. The van der Waals surface area contributed by atoms with Gasteiger partial charge in [-0.1, -0.05) is 11.8 Å². The molecule has 2 nitrogen and oxygen atoms in total. The molecule has 1 aliphatic heterocycles. The second kappa shape index (κ2) is 6.02. The second-order valence-corrected chi connectivity index (χ2v) is 5.93. The van der Waals surface area contributed by atoms with Crippen LogP contribution in [0.3, 0.4) is 0 Å². The zero-order chi connectivity index (χ0) is 16.7. The first-order valence-corrected chi connectivity index (χ1v) is 7.23. The van der Waals surface area contributed by atoms with Crippen molar-refractivity contribution in [3.05, 3.63) is 35.1 Å². The Hall–Kier alpha value is -1.38. The van der Waals surface area contributed by atoms with Crippen LogP contribution in [-0.4, -0.2) is 34.7 Å². The first-order valence-electron chi connectivity index (χ1n) is 6.24. The lowest BCUT2D eigenvalue weighted by atomic mass is 9.92. The van der Waals surface area contributed by atoms with Crippen LogP contribution in [0.5, 0.6) is 0 Å². The smallest absolute Gasteiger partial charge is 0.321 e. The van der Waals surface area contributed by atoms with E-state index in [9.17, 15) is 31.1 Å². The third kappa shape index (κ3) is 3.50. The van der Waals surface area contributed by atoms with E-state index in [1.165, 1.54) is 6.92 Å². The summed E-state index contributed by atoms with van der Waals surface area (Å²) in [5.74, 6) is -4.72. The molecule has 0 saturated carbocycles. The van der Waals surface area contributed by atoms with Crippen LogP contribution < -0.4 is 0 Å². The van der Waals surface area contributed by atoms with Gasteiger partial charge in [0.15, 0.2) is 11.6 Å². The van der Waals surface area contributed by atoms with E-state index >= 15 is 0 Å². The summed E-state index contributed by atoms with van der Waals surface area (Å²) in [5, 5.41) is -0.793. The minimum atomic E-state index is -4.61. The number of thioether (sulfide) groups is 1. The SMILES string of the molecule is C[C@@H]1[C@H](c2cc(F)cc(F)c2F)CSC(=O)N1CC(F)(F)F. The summed E-state index contributed by atoms with van der Waals surface area (Å²) in [7, 11) is 0. The Morgan fingerprint density at radius 2 is 1.91 bits per heavy atom. The lowest BCUT2D eigenvalue weighted by Gasteiger charge is -2.39. The number of alkyl halides is 3. The number of benzene rings is 1. The van der Waals surface area contributed by atoms with Crippen LogP contribution in [0.2, 0.25) is 0 Å². The number of hydrogen-bond donors (Lipinski definition) is 0. The molecule has 0 N–H and O–H groups in total. The summed E-state index contributed by atoms with van der Waals surface area (Å²) < 4.78 is 78.0. The standard InChI is InChI=1S/C13H11F6NOS/c1-6-9(8-2-7(14)3-10(15)11(8)16)4-22-12(21)20(6)5-13(17,18)19/h2-3,6,9H,4-5H2,1H3/t6-,9-/m1/s1. The van der Waals surface area contributed by atoms with Crippen molar-refractivity contribution in [3.8, 4) is 0 Å². The third-order valence-electron chi connectivity index (χ3n) is 3.47. The number of rotatable bonds is 2. The van der Waals surface area contributed by atoms with Crippen molar-refractivity contribution in [1.29, 1.82) is 0 Å². The fraction of sp³-hybridized carbons (Fsp3) is 0.462. The van der Waals surface area contributed by atoms with E-state index in [1.54, 1.807) is 0 Å². The predicted molar refractivity (Wildman–Crippen MR) is 69.1 cm³/mol. The van der Waals surface area contributed by atoms with Gasteiger partial charge in [0, 0.05) is 23.8 Å². The fourth-order valence-electron chi connectivity index (χ4n) is 2.36. The van der Waals surface area contributed by atoms with Crippen molar-refractivity contribution in [3.63, 3.8) is 0 Å². The molecule has 0 bridgehead atoms. The molecule has 0 unspecified atom stereocenters. The van der Waals surface area contributed by atoms with Crippen molar-refractivity contribution >= 4 is 17.0 Å². The first kappa shape index (κ1) is 17.0. The van der Waals surface area contributed by atoms with Gasteiger partial charge in [0.05, 0.1) is 0 Å². The molecule has 1 heterocycles. The normalized spacial score (nSPS) is 23.0. The van der Waals surface area contributed by atoms with Gasteiger partial charge in [-0.3, -0.25) is 4.79 Å². The minimum Gasteiger partial charge on any atom is -0.321 e. The monoisotopic (exact) mass is 343 g/mol. The molecule has 0 aliphatic carbocycles. The molecule has 2 atom stereocenters. The molecule has 122 valence electrons. The van der Waals surface area contributed by atoms with E-state index in [-0.39, 0.29) is 11.3 Å². The van der Waals surface area contributed by atoms with Crippen molar-refractivity contribution in [2.45, 2.75) is 25.1 Å². The lowest BCUT2D eigenvalue weighted by molar-refractivity contribution is -0.143. The average molecular weight is 343 g/mol. The van der Waals surface area contributed by atoms with E-state index in [2.05, 4.69) is 0 Å². The molecule has 1 fully saturated rings. The van der Waals surface area contributed by atoms with E-state index in [1.807, 2.05) is 0 Å². The third-order valence-corrected chi connectivity index (χ3v) is 4.47. The van der Waals surface area contributed by atoms with Gasteiger partial charge in [0.2, 0.25) is 0 Å². The number of carbonyl (C=O) groups is 1. The Balaban J connectivity index is 2.35. The highest BCUT2D eigenvalue weighted by atomic mass is 32.2. The zero-order valence-electron chi connectivity index (χ0n) is 11.3. The number of halogens is 6. The van der Waals surface area contributed by atoms with Gasteiger partial charge < -0.3 is 4.90 Å². The van der Waals surface area contributed by atoms with Crippen LogP contribution in [0.25, 0.3) is 0 Å². The van der Waals surface area contributed by atoms with Crippen LogP contribution in [0.1, 0.15) is 18.4 Å². The molecular weight excluding hydrogens is 332 g/mol. The molecule has 9 heteroatoms. The van der Waals surface area contributed by atoms with Crippen LogP contribution in [0, 0.1) is 17.5 Å². The van der Waals surface area contributed by atoms with Gasteiger partial charge in [-0.25, -0.2) is 13.2 Å². The lowest BCUT2D eigenvalue weighted by Crippen LogP contribution is -2.49. The summed E-state index contributed by atoms with van der Waals surface area (Å²) in [5.41, 5.74) is -0.364. The number of hydrogen-bond acceptors (Lipinski definition) is 2. The summed E-state index contributed by atoms with van der Waals surface area (Å²) >= 11 is 0.569. The molecule has 1 amide bonds. The molecule has 0 aromatic heterocycles. The minimum absolute atomic E-state index is 0.0474. The molecule has 1 aliphatic rings. The predicted octanol–water partition coefficient (Wildman–Crippen LogP) is 4.31. The zero-order valence-corrected chi connectivity index (χ0v) is 12.1. The van der Waals surface area contributed by atoms with Gasteiger partial charge >= 0.3 is 6.18 Å². The number of amides is 1. The van der Waals surface area contributed by atoms with Gasteiger partial charge in [-0.15, -0.1) is 0 Å². The molecule has 0 spiro atoms. The molecule has 0 radical (unpaired) electrons. The summed E-state index contributed by atoms with van der Waals surface area (Å²) in [6.45, 7) is -0.188. The van der Waals surface area contributed by atoms with E-state index in [0.29, 0.717) is 22.7 Å². The van der Waals surface area contributed by atoms with E-state index < -0.39 is 47.4 Å². The maximum Gasteiger partial charge on any atom is 0.406 e. The van der Waals surface area contributed by atoms with Crippen molar-refractivity contribution in [2.75, 3.05) is 12.3 Å². The van der Waals surface area contributed by atoms with Gasteiger partial charge in [-0.2, -0.15) is 13.2 Å². The average Bonchev–Trinajstić information content (AvgIpc) is 2.38. The molecule has 22 heavy (non-hydrogen) atoms.